The minimum absolute atomic E-state index is 0.355. The number of likely N-dealkylation sites (tertiary alicyclic amines) is 1. The van der Waals surface area contributed by atoms with Crippen LogP contribution < -0.4 is 0 Å². The third-order valence-electron chi connectivity index (χ3n) is 5.51. The molecule has 0 aliphatic carbocycles. The maximum Gasteiger partial charge on any atom is 0.181 e. The number of hydrogen-bond acceptors (Lipinski definition) is 4. The van der Waals surface area contributed by atoms with Gasteiger partial charge in [-0.3, -0.25) is 10.00 Å². The van der Waals surface area contributed by atoms with E-state index in [1.165, 1.54) is 17.5 Å². The fourth-order valence-electron chi connectivity index (χ4n) is 3.88. The molecular weight excluding hydrogens is 348 g/mol. The van der Waals surface area contributed by atoms with Gasteiger partial charge in [0.05, 0.1) is 24.3 Å². The second-order valence-corrected chi connectivity index (χ2v) is 7.30. The zero-order valence-electron chi connectivity index (χ0n) is 15.8. The van der Waals surface area contributed by atoms with Crippen LogP contribution >= 0.6 is 0 Å². The average molecular weight is 370 g/mol. The maximum atomic E-state index is 4.74. The van der Waals surface area contributed by atoms with Gasteiger partial charge in [-0.1, -0.05) is 48.5 Å². The van der Waals surface area contributed by atoms with E-state index >= 15 is 0 Å². The van der Waals surface area contributed by atoms with Gasteiger partial charge < -0.3 is 4.98 Å². The Morgan fingerprint density at radius 3 is 2.21 bits per heavy atom. The predicted molar refractivity (Wildman–Crippen MR) is 109 cm³/mol. The fraction of sp³-hybridized carbons (Fsp3) is 0.227. The molecule has 2 N–H and O–H groups in total. The standard InChI is InChI=1S/C22H22N6/c1-28-12-2-3-20(28)22-25-21(26-27-22)18-10-6-16(7-11-18)15-4-8-17(9-5-15)19-13-23-14-24-19/h4-11,13-14,20H,2-3,12H2,1H3,(H,23,24)(H,25,26,27). The first-order valence-corrected chi connectivity index (χ1v) is 9.60. The van der Waals surface area contributed by atoms with E-state index in [0.717, 1.165) is 41.4 Å². The van der Waals surface area contributed by atoms with Crippen molar-refractivity contribution in [3.05, 3.63) is 66.9 Å². The van der Waals surface area contributed by atoms with Crippen molar-refractivity contribution in [1.29, 1.82) is 0 Å². The molecule has 0 bridgehead atoms. The molecule has 1 fully saturated rings. The second kappa shape index (κ2) is 7.05. The first-order chi connectivity index (χ1) is 13.8. The van der Waals surface area contributed by atoms with Crippen LogP contribution in [0, 0.1) is 0 Å². The molecule has 4 aromatic rings. The third kappa shape index (κ3) is 3.12. The second-order valence-electron chi connectivity index (χ2n) is 7.30. The number of rotatable bonds is 4. The molecular formula is C22H22N6. The smallest absolute Gasteiger partial charge is 0.181 e. The summed E-state index contributed by atoms with van der Waals surface area (Å²) in [6.45, 7) is 1.12. The molecule has 1 saturated heterocycles. The lowest BCUT2D eigenvalue weighted by atomic mass is 10.0. The van der Waals surface area contributed by atoms with Crippen molar-refractivity contribution >= 4 is 0 Å². The molecule has 0 amide bonds. The molecule has 28 heavy (non-hydrogen) atoms. The van der Waals surface area contributed by atoms with Crippen molar-refractivity contribution in [3.8, 4) is 33.8 Å². The van der Waals surface area contributed by atoms with Gasteiger partial charge in [0.2, 0.25) is 0 Å². The number of benzene rings is 2. The van der Waals surface area contributed by atoms with Crippen LogP contribution in [0.25, 0.3) is 33.8 Å². The summed E-state index contributed by atoms with van der Waals surface area (Å²) in [6.07, 6.45) is 5.88. The van der Waals surface area contributed by atoms with E-state index < -0.39 is 0 Å². The highest BCUT2D eigenvalue weighted by Crippen LogP contribution is 2.30. The van der Waals surface area contributed by atoms with Gasteiger partial charge >= 0.3 is 0 Å². The van der Waals surface area contributed by atoms with Gasteiger partial charge in [0, 0.05) is 5.56 Å². The number of imidazole rings is 1. The molecule has 1 atom stereocenters. The quantitative estimate of drug-likeness (QED) is 0.562. The molecule has 1 unspecified atom stereocenters. The Bertz CT molecular complexity index is 1050. The third-order valence-corrected chi connectivity index (χ3v) is 5.51. The summed E-state index contributed by atoms with van der Waals surface area (Å²) >= 11 is 0. The van der Waals surface area contributed by atoms with Crippen molar-refractivity contribution in [3.63, 3.8) is 0 Å². The molecule has 0 radical (unpaired) electrons. The zero-order valence-corrected chi connectivity index (χ0v) is 15.8. The van der Waals surface area contributed by atoms with E-state index in [-0.39, 0.29) is 0 Å². The molecule has 140 valence electrons. The first kappa shape index (κ1) is 16.9. The summed E-state index contributed by atoms with van der Waals surface area (Å²) in [6, 6.07) is 17.3. The lowest BCUT2D eigenvalue weighted by Gasteiger charge is -2.15. The Kier molecular flexibility index (Phi) is 4.25. The van der Waals surface area contributed by atoms with Gasteiger partial charge in [-0.05, 0) is 43.1 Å². The highest BCUT2D eigenvalue weighted by Gasteiger charge is 2.25. The largest absolute Gasteiger partial charge is 0.345 e. The highest BCUT2D eigenvalue weighted by atomic mass is 15.3. The molecule has 6 heteroatoms. The Morgan fingerprint density at radius 2 is 1.61 bits per heavy atom. The predicted octanol–water partition coefficient (Wildman–Crippen LogP) is 4.30. The van der Waals surface area contributed by atoms with Gasteiger partial charge in [0.25, 0.3) is 0 Å². The van der Waals surface area contributed by atoms with E-state index in [9.17, 15) is 0 Å². The normalized spacial score (nSPS) is 17.2. The number of nitrogens with one attached hydrogen (secondary N) is 2. The Morgan fingerprint density at radius 1 is 0.929 bits per heavy atom. The van der Waals surface area contributed by atoms with E-state index in [1.54, 1.807) is 6.33 Å². The lowest BCUT2D eigenvalue weighted by Crippen LogP contribution is -2.18. The van der Waals surface area contributed by atoms with Crippen LogP contribution in [-0.4, -0.2) is 43.6 Å². The summed E-state index contributed by atoms with van der Waals surface area (Å²) in [5, 5.41) is 7.57. The lowest BCUT2D eigenvalue weighted by molar-refractivity contribution is 0.306. The van der Waals surface area contributed by atoms with E-state index in [1.807, 2.05) is 6.20 Å². The number of hydrogen-bond donors (Lipinski definition) is 2. The van der Waals surface area contributed by atoms with Crippen molar-refractivity contribution in [2.75, 3.05) is 13.6 Å². The number of H-pyrrole nitrogens is 2. The molecule has 5 rings (SSSR count). The molecule has 6 nitrogen and oxygen atoms in total. The monoisotopic (exact) mass is 370 g/mol. The first-order valence-electron chi connectivity index (χ1n) is 9.60. The van der Waals surface area contributed by atoms with Crippen LogP contribution in [0.15, 0.2) is 61.1 Å². The summed E-state index contributed by atoms with van der Waals surface area (Å²) in [4.78, 5) is 14.3. The average Bonchev–Trinajstić information content (AvgIpc) is 3.50. The Hall–Kier alpha value is -3.25. The SMILES string of the molecule is CN1CCCC1c1nc(-c2ccc(-c3ccc(-c4cnc[nH]4)cc3)cc2)n[nH]1. The van der Waals surface area contributed by atoms with Crippen LogP contribution in [0.5, 0.6) is 0 Å². The van der Waals surface area contributed by atoms with E-state index in [0.29, 0.717) is 6.04 Å². The highest BCUT2D eigenvalue weighted by molar-refractivity contribution is 5.70. The fourth-order valence-corrected chi connectivity index (χ4v) is 3.88. The van der Waals surface area contributed by atoms with Gasteiger partial charge in [0.1, 0.15) is 5.82 Å². The summed E-state index contributed by atoms with van der Waals surface area (Å²) in [5.74, 6) is 1.73. The van der Waals surface area contributed by atoms with Gasteiger partial charge in [-0.2, -0.15) is 5.10 Å². The molecule has 2 aromatic heterocycles. The van der Waals surface area contributed by atoms with Crippen molar-refractivity contribution in [1.82, 2.24) is 30.0 Å². The van der Waals surface area contributed by atoms with Crippen LogP contribution in [0.3, 0.4) is 0 Å². The van der Waals surface area contributed by atoms with Crippen LogP contribution in [0.2, 0.25) is 0 Å². The zero-order chi connectivity index (χ0) is 18.9. The molecule has 0 saturated carbocycles. The molecule has 1 aliphatic heterocycles. The number of aromatic nitrogens is 5. The van der Waals surface area contributed by atoms with E-state index in [2.05, 4.69) is 80.6 Å². The topological polar surface area (TPSA) is 73.5 Å². The van der Waals surface area contributed by atoms with Crippen molar-refractivity contribution < 1.29 is 0 Å². The Balaban J connectivity index is 1.35. The van der Waals surface area contributed by atoms with Crippen molar-refractivity contribution in [2.24, 2.45) is 0 Å². The van der Waals surface area contributed by atoms with Gasteiger partial charge in [-0.15, -0.1) is 0 Å². The summed E-state index contributed by atoms with van der Waals surface area (Å²) in [5.41, 5.74) is 5.53. The minimum Gasteiger partial charge on any atom is -0.345 e. The minimum atomic E-state index is 0.355. The molecule has 0 spiro atoms. The van der Waals surface area contributed by atoms with Crippen LogP contribution in [-0.2, 0) is 0 Å². The maximum absolute atomic E-state index is 4.74. The molecule has 3 heterocycles. The number of nitrogens with zero attached hydrogens (tertiary/aromatic N) is 4. The Labute approximate surface area is 163 Å². The summed E-state index contributed by atoms with van der Waals surface area (Å²) < 4.78 is 0. The van der Waals surface area contributed by atoms with Gasteiger partial charge in [-0.25, -0.2) is 9.97 Å². The van der Waals surface area contributed by atoms with Crippen molar-refractivity contribution in [2.45, 2.75) is 18.9 Å². The summed E-state index contributed by atoms with van der Waals surface area (Å²) in [7, 11) is 2.15. The van der Waals surface area contributed by atoms with Crippen LogP contribution in [0.1, 0.15) is 24.7 Å². The van der Waals surface area contributed by atoms with Gasteiger partial charge in [0.15, 0.2) is 5.82 Å². The molecule has 2 aromatic carbocycles. The van der Waals surface area contributed by atoms with Crippen LogP contribution in [0.4, 0.5) is 0 Å². The number of aromatic amines is 2. The van der Waals surface area contributed by atoms with E-state index in [4.69, 9.17) is 4.98 Å². The molecule has 1 aliphatic rings.